The zero-order valence-corrected chi connectivity index (χ0v) is 17.7. The van der Waals surface area contributed by atoms with E-state index in [2.05, 4.69) is 15.2 Å². The van der Waals surface area contributed by atoms with Crippen LogP contribution >= 0.6 is 0 Å². The lowest BCUT2D eigenvalue weighted by Crippen LogP contribution is -2.49. The molecule has 168 valence electrons. The summed E-state index contributed by atoms with van der Waals surface area (Å²) in [4.78, 5) is 33.3. The number of carbonyl (C=O) groups excluding carboxylic acids is 2. The first-order chi connectivity index (χ1) is 16.1. The van der Waals surface area contributed by atoms with Crippen molar-refractivity contribution in [1.82, 2.24) is 9.88 Å². The maximum Gasteiger partial charge on any atom is 0.256 e. The summed E-state index contributed by atoms with van der Waals surface area (Å²) in [6.45, 7) is 2.25. The first kappa shape index (κ1) is 20.7. The van der Waals surface area contributed by atoms with Crippen LogP contribution in [0.2, 0.25) is 0 Å². The van der Waals surface area contributed by atoms with Gasteiger partial charge in [-0.1, -0.05) is 12.1 Å². The summed E-state index contributed by atoms with van der Waals surface area (Å²) < 4.78 is 24.5. The molecule has 3 heterocycles. The minimum absolute atomic E-state index is 0.0895. The number of benzene rings is 2. The van der Waals surface area contributed by atoms with Crippen molar-refractivity contribution in [2.24, 2.45) is 0 Å². The van der Waals surface area contributed by atoms with Crippen molar-refractivity contribution in [2.75, 3.05) is 43.2 Å². The van der Waals surface area contributed by atoms with Gasteiger partial charge in [0.1, 0.15) is 11.6 Å². The minimum Gasteiger partial charge on any atom is -0.454 e. The number of nitrogens with zero attached hydrogens (tertiary/aromatic N) is 3. The third-order valence-electron chi connectivity index (χ3n) is 5.64. The van der Waals surface area contributed by atoms with Gasteiger partial charge in [0.25, 0.3) is 11.8 Å². The highest BCUT2D eigenvalue weighted by Crippen LogP contribution is 2.32. The summed E-state index contributed by atoms with van der Waals surface area (Å²) in [5, 5.41) is 2.82. The van der Waals surface area contributed by atoms with Crippen molar-refractivity contribution >= 4 is 23.3 Å². The van der Waals surface area contributed by atoms with E-state index in [9.17, 15) is 14.0 Å². The van der Waals surface area contributed by atoms with E-state index >= 15 is 0 Å². The predicted octanol–water partition coefficient (Wildman–Crippen LogP) is 3.16. The van der Waals surface area contributed by atoms with E-state index < -0.39 is 5.82 Å². The van der Waals surface area contributed by atoms with Crippen LogP contribution in [-0.2, 0) is 0 Å². The van der Waals surface area contributed by atoms with Crippen LogP contribution in [0.4, 0.5) is 15.9 Å². The molecular weight excluding hydrogens is 427 g/mol. The van der Waals surface area contributed by atoms with Gasteiger partial charge in [0.15, 0.2) is 11.5 Å². The van der Waals surface area contributed by atoms with Gasteiger partial charge in [-0.2, -0.15) is 0 Å². The average Bonchev–Trinajstić information content (AvgIpc) is 3.33. The first-order valence-corrected chi connectivity index (χ1v) is 10.5. The highest BCUT2D eigenvalue weighted by atomic mass is 19.1. The Balaban J connectivity index is 1.18. The normalized spacial score (nSPS) is 14.8. The van der Waals surface area contributed by atoms with Crippen molar-refractivity contribution in [1.29, 1.82) is 0 Å². The number of rotatable bonds is 4. The molecule has 1 N–H and O–H groups in total. The highest BCUT2D eigenvalue weighted by molar-refractivity contribution is 6.04. The summed E-state index contributed by atoms with van der Waals surface area (Å²) in [6.07, 6.45) is 1.59. The maximum absolute atomic E-state index is 13.9. The van der Waals surface area contributed by atoms with E-state index in [0.717, 1.165) is 5.82 Å². The summed E-state index contributed by atoms with van der Waals surface area (Å²) >= 11 is 0. The molecule has 2 aromatic carbocycles. The Morgan fingerprint density at radius 2 is 1.73 bits per heavy atom. The van der Waals surface area contributed by atoms with Crippen LogP contribution in [0.25, 0.3) is 0 Å². The molecule has 2 aliphatic heterocycles. The van der Waals surface area contributed by atoms with Gasteiger partial charge in [0.2, 0.25) is 6.79 Å². The van der Waals surface area contributed by atoms with Gasteiger partial charge in [-0.15, -0.1) is 0 Å². The van der Waals surface area contributed by atoms with Crippen molar-refractivity contribution in [2.45, 2.75) is 0 Å². The number of aromatic nitrogens is 1. The number of hydrogen-bond acceptors (Lipinski definition) is 6. The van der Waals surface area contributed by atoms with Crippen molar-refractivity contribution < 1.29 is 23.5 Å². The number of hydrogen-bond donors (Lipinski definition) is 1. The highest BCUT2D eigenvalue weighted by Gasteiger charge is 2.24. The molecule has 5 rings (SSSR count). The first-order valence-electron chi connectivity index (χ1n) is 10.5. The van der Waals surface area contributed by atoms with E-state index in [1.807, 2.05) is 6.07 Å². The van der Waals surface area contributed by atoms with Crippen molar-refractivity contribution in [3.63, 3.8) is 0 Å². The van der Waals surface area contributed by atoms with Crippen LogP contribution in [-0.4, -0.2) is 54.7 Å². The molecular formula is C24H21FN4O4. The smallest absolute Gasteiger partial charge is 0.256 e. The van der Waals surface area contributed by atoms with Gasteiger partial charge >= 0.3 is 0 Å². The number of pyridine rings is 1. The van der Waals surface area contributed by atoms with Crippen molar-refractivity contribution in [3.8, 4) is 11.5 Å². The molecule has 0 aliphatic carbocycles. The zero-order chi connectivity index (χ0) is 22.8. The van der Waals surface area contributed by atoms with E-state index in [1.165, 1.54) is 12.1 Å². The van der Waals surface area contributed by atoms with Gasteiger partial charge < -0.3 is 24.6 Å². The number of anilines is 2. The number of fused-ring (bicyclic) bond motifs is 1. The molecule has 2 amide bonds. The number of nitrogens with one attached hydrogen (secondary N) is 1. The van der Waals surface area contributed by atoms with Crippen LogP contribution in [0.5, 0.6) is 11.5 Å². The van der Waals surface area contributed by atoms with Gasteiger partial charge in [-0.05, 0) is 42.5 Å². The molecule has 0 spiro atoms. The Morgan fingerprint density at radius 1 is 0.939 bits per heavy atom. The molecule has 8 nitrogen and oxygen atoms in total. The Labute approximate surface area is 189 Å². The van der Waals surface area contributed by atoms with Gasteiger partial charge in [0.05, 0.1) is 17.4 Å². The van der Waals surface area contributed by atoms with Crippen LogP contribution in [0.1, 0.15) is 20.7 Å². The fourth-order valence-electron chi connectivity index (χ4n) is 3.83. The molecule has 1 saturated heterocycles. The second kappa shape index (κ2) is 8.78. The second-order valence-electron chi connectivity index (χ2n) is 7.69. The zero-order valence-electron chi connectivity index (χ0n) is 17.7. The largest absolute Gasteiger partial charge is 0.454 e. The third-order valence-corrected chi connectivity index (χ3v) is 5.64. The van der Waals surface area contributed by atoms with Crippen LogP contribution < -0.4 is 19.7 Å². The summed E-state index contributed by atoms with van der Waals surface area (Å²) in [5.41, 5.74) is 1.11. The Hall–Kier alpha value is -4.14. The van der Waals surface area contributed by atoms with E-state index in [0.29, 0.717) is 48.9 Å². The summed E-state index contributed by atoms with van der Waals surface area (Å²) in [6, 6.07) is 14.6. The number of amides is 2. The minimum atomic E-state index is -0.509. The van der Waals surface area contributed by atoms with Gasteiger partial charge in [-0.3, -0.25) is 9.59 Å². The SMILES string of the molecule is O=C(Nc1ccc(N2CCN(C(=O)c3ccccc3F)CC2)nc1)c1ccc2c(c1)OCO2. The molecule has 1 fully saturated rings. The molecule has 3 aromatic rings. The third kappa shape index (κ3) is 4.30. The molecule has 2 aliphatic rings. The molecule has 0 unspecified atom stereocenters. The molecule has 0 bridgehead atoms. The fraction of sp³-hybridized carbons (Fsp3) is 0.208. The van der Waals surface area contributed by atoms with Crippen LogP contribution in [0.3, 0.4) is 0 Å². The molecule has 9 heteroatoms. The number of halogens is 1. The quantitative estimate of drug-likeness (QED) is 0.660. The van der Waals surface area contributed by atoms with Crippen LogP contribution in [0, 0.1) is 5.82 Å². The van der Waals surface area contributed by atoms with Crippen molar-refractivity contribution in [3.05, 3.63) is 77.7 Å². The van der Waals surface area contributed by atoms with Gasteiger partial charge in [0, 0.05) is 31.7 Å². The standard InChI is InChI=1S/C24H21FN4O4/c25-19-4-2-1-3-18(19)24(31)29-11-9-28(10-12-29)22-8-6-17(14-26-22)27-23(30)16-5-7-20-21(13-16)33-15-32-20/h1-8,13-14H,9-12,15H2,(H,27,30). The van der Waals surface area contributed by atoms with Crippen LogP contribution in [0.15, 0.2) is 60.8 Å². The van der Waals surface area contributed by atoms with E-state index in [1.54, 1.807) is 47.5 Å². The average molecular weight is 448 g/mol. The lowest BCUT2D eigenvalue weighted by atomic mass is 10.1. The number of carbonyl (C=O) groups is 2. The Bertz CT molecular complexity index is 1190. The predicted molar refractivity (Wildman–Crippen MR) is 119 cm³/mol. The lowest BCUT2D eigenvalue weighted by Gasteiger charge is -2.35. The Kier molecular flexibility index (Phi) is 5.52. The second-order valence-corrected chi connectivity index (χ2v) is 7.69. The number of ether oxygens (including phenoxy) is 2. The Morgan fingerprint density at radius 3 is 2.48 bits per heavy atom. The fourth-order valence-corrected chi connectivity index (χ4v) is 3.83. The summed E-state index contributed by atoms with van der Waals surface area (Å²) in [5.74, 6) is 0.821. The molecule has 0 saturated carbocycles. The number of piperazine rings is 1. The topological polar surface area (TPSA) is 84.0 Å². The maximum atomic E-state index is 13.9. The summed E-state index contributed by atoms with van der Waals surface area (Å²) in [7, 11) is 0. The molecule has 0 atom stereocenters. The lowest BCUT2D eigenvalue weighted by molar-refractivity contribution is 0.0741. The molecule has 1 aromatic heterocycles. The van der Waals surface area contributed by atoms with E-state index in [4.69, 9.17) is 9.47 Å². The van der Waals surface area contributed by atoms with E-state index in [-0.39, 0.29) is 24.2 Å². The molecule has 33 heavy (non-hydrogen) atoms. The monoisotopic (exact) mass is 448 g/mol. The molecule has 0 radical (unpaired) electrons. The van der Waals surface area contributed by atoms with Gasteiger partial charge in [-0.25, -0.2) is 9.37 Å².